The molecule has 19 heavy (non-hydrogen) atoms. The molecule has 0 heterocycles. The van der Waals surface area contributed by atoms with E-state index in [4.69, 9.17) is 10.5 Å². The lowest BCUT2D eigenvalue weighted by atomic mass is 10.0. The molecule has 2 N–H and O–H groups in total. The zero-order valence-electron chi connectivity index (χ0n) is 11.3. The molecular formula is C16H20ClNO. The molecule has 0 radical (unpaired) electrons. The first-order valence-electron chi connectivity index (χ1n) is 6.20. The van der Waals surface area contributed by atoms with Crippen LogP contribution in [0, 0.1) is 6.92 Å². The third-order valence-corrected chi connectivity index (χ3v) is 2.96. The Hall–Kier alpha value is -1.51. The van der Waals surface area contributed by atoms with Crippen LogP contribution in [0.15, 0.2) is 48.5 Å². The summed E-state index contributed by atoms with van der Waals surface area (Å²) in [6.07, 6.45) is 0. The van der Waals surface area contributed by atoms with Crippen molar-refractivity contribution in [1.82, 2.24) is 0 Å². The molecule has 0 amide bonds. The standard InChI is InChI=1S/C16H19NO.ClH/c1-12-7-6-10-15(13(2)17)16(12)18-11-14-8-4-3-5-9-14;/h3-10,13H,11,17H2,1-2H3;1H. The Morgan fingerprint density at radius 3 is 2.37 bits per heavy atom. The highest BCUT2D eigenvalue weighted by atomic mass is 35.5. The minimum Gasteiger partial charge on any atom is -0.488 e. The van der Waals surface area contributed by atoms with Crippen molar-refractivity contribution in [3.8, 4) is 5.75 Å². The number of benzene rings is 2. The van der Waals surface area contributed by atoms with Gasteiger partial charge in [0.1, 0.15) is 12.4 Å². The number of ether oxygens (including phenoxy) is 1. The van der Waals surface area contributed by atoms with Crippen LogP contribution in [0.3, 0.4) is 0 Å². The van der Waals surface area contributed by atoms with Crippen molar-refractivity contribution in [2.24, 2.45) is 5.73 Å². The van der Waals surface area contributed by atoms with Gasteiger partial charge in [0, 0.05) is 11.6 Å². The SMILES string of the molecule is Cc1cccc(C(C)N)c1OCc1ccccc1.Cl. The maximum Gasteiger partial charge on any atom is 0.127 e. The molecule has 3 heteroatoms. The molecule has 0 aliphatic heterocycles. The average Bonchev–Trinajstić information content (AvgIpc) is 2.38. The summed E-state index contributed by atoms with van der Waals surface area (Å²) in [5.74, 6) is 0.913. The highest BCUT2D eigenvalue weighted by Gasteiger charge is 2.10. The van der Waals surface area contributed by atoms with Crippen molar-refractivity contribution in [2.75, 3.05) is 0 Å². The van der Waals surface area contributed by atoms with Crippen LogP contribution >= 0.6 is 12.4 Å². The largest absolute Gasteiger partial charge is 0.488 e. The smallest absolute Gasteiger partial charge is 0.127 e. The van der Waals surface area contributed by atoms with Gasteiger partial charge in [-0.25, -0.2) is 0 Å². The van der Waals surface area contributed by atoms with Crippen LogP contribution in [0.4, 0.5) is 0 Å². The number of hydrogen-bond donors (Lipinski definition) is 1. The van der Waals surface area contributed by atoms with Crippen LogP contribution in [0.1, 0.15) is 29.7 Å². The van der Waals surface area contributed by atoms with Gasteiger partial charge in [0.05, 0.1) is 0 Å². The molecule has 2 aromatic carbocycles. The number of para-hydroxylation sites is 1. The third-order valence-electron chi connectivity index (χ3n) is 2.96. The van der Waals surface area contributed by atoms with Crippen LogP contribution in [-0.4, -0.2) is 0 Å². The summed E-state index contributed by atoms with van der Waals surface area (Å²) in [5.41, 5.74) is 9.32. The summed E-state index contributed by atoms with van der Waals surface area (Å²) >= 11 is 0. The van der Waals surface area contributed by atoms with Gasteiger partial charge in [0.15, 0.2) is 0 Å². The molecule has 0 aliphatic carbocycles. The topological polar surface area (TPSA) is 35.2 Å². The van der Waals surface area contributed by atoms with Gasteiger partial charge in [-0.2, -0.15) is 0 Å². The number of rotatable bonds is 4. The minimum atomic E-state index is -0.0179. The maximum absolute atomic E-state index is 5.97. The second-order valence-corrected chi connectivity index (χ2v) is 4.56. The molecule has 0 bridgehead atoms. The fourth-order valence-electron chi connectivity index (χ4n) is 1.96. The second kappa shape index (κ2) is 7.17. The molecule has 0 spiro atoms. The van der Waals surface area contributed by atoms with Crippen LogP contribution in [0.5, 0.6) is 5.75 Å². The van der Waals surface area contributed by atoms with Crippen LogP contribution in [0.25, 0.3) is 0 Å². The Balaban J connectivity index is 0.00000180. The Labute approximate surface area is 121 Å². The van der Waals surface area contributed by atoms with E-state index in [1.54, 1.807) is 0 Å². The van der Waals surface area contributed by atoms with Crippen molar-refractivity contribution in [3.05, 3.63) is 65.2 Å². The van der Waals surface area contributed by atoms with Gasteiger partial charge in [-0.15, -0.1) is 12.4 Å². The van der Waals surface area contributed by atoms with Gasteiger partial charge in [0.25, 0.3) is 0 Å². The van der Waals surface area contributed by atoms with Crippen molar-refractivity contribution in [1.29, 1.82) is 0 Å². The summed E-state index contributed by atoms with van der Waals surface area (Å²) < 4.78 is 5.94. The normalized spacial score (nSPS) is 11.5. The van der Waals surface area contributed by atoms with Crippen molar-refractivity contribution < 1.29 is 4.74 Å². The molecule has 1 atom stereocenters. The molecule has 0 aliphatic rings. The minimum absolute atomic E-state index is 0. The number of halogens is 1. The van der Waals surface area contributed by atoms with Crippen molar-refractivity contribution in [3.63, 3.8) is 0 Å². The van der Waals surface area contributed by atoms with E-state index in [0.717, 1.165) is 22.4 Å². The molecule has 102 valence electrons. The molecule has 2 rings (SSSR count). The third kappa shape index (κ3) is 3.98. The summed E-state index contributed by atoms with van der Waals surface area (Å²) in [4.78, 5) is 0. The Kier molecular flexibility index (Phi) is 5.87. The van der Waals surface area contributed by atoms with Gasteiger partial charge >= 0.3 is 0 Å². The first kappa shape index (κ1) is 15.5. The van der Waals surface area contributed by atoms with E-state index in [1.807, 2.05) is 50.2 Å². The van der Waals surface area contributed by atoms with Gasteiger partial charge in [-0.3, -0.25) is 0 Å². The van der Waals surface area contributed by atoms with E-state index in [0.29, 0.717) is 6.61 Å². The van der Waals surface area contributed by atoms with E-state index in [9.17, 15) is 0 Å². The molecule has 0 saturated carbocycles. The van der Waals surface area contributed by atoms with Crippen LogP contribution in [-0.2, 0) is 6.61 Å². The number of hydrogen-bond acceptors (Lipinski definition) is 2. The average molecular weight is 278 g/mol. The highest BCUT2D eigenvalue weighted by Crippen LogP contribution is 2.28. The van der Waals surface area contributed by atoms with E-state index in [2.05, 4.69) is 12.1 Å². The summed E-state index contributed by atoms with van der Waals surface area (Å²) in [7, 11) is 0. The lowest BCUT2D eigenvalue weighted by molar-refractivity contribution is 0.299. The predicted octanol–water partition coefficient (Wildman–Crippen LogP) is 4.02. The maximum atomic E-state index is 5.97. The molecule has 0 saturated heterocycles. The van der Waals surface area contributed by atoms with E-state index < -0.39 is 0 Å². The quantitative estimate of drug-likeness (QED) is 0.916. The van der Waals surface area contributed by atoms with Crippen LogP contribution < -0.4 is 10.5 Å². The van der Waals surface area contributed by atoms with Gasteiger partial charge < -0.3 is 10.5 Å². The lowest BCUT2D eigenvalue weighted by Crippen LogP contribution is -2.09. The first-order valence-corrected chi connectivity index (χ1v) is 6.20. The summed E-state index contributed by atoms with van der Waals surface area (Å²) in [6, 6.07) is 16.2. The molecule has 0 fully saturated rings. The molecule has 0 aromatic heterocycles. The fourth-order valence-corrected chi connectivity index (χ4v) is 1.96. The van der Waals surface area contributed by atoms with E-state index in [1.165, 1.54) is 0 Å². The Morgan fingerprint density at radius 1 is 1.05 bits per heavy atom. The van der Waals surface area contributed by atoms with E-state index in [-0.39, 0.29) is 18.4 Å². The Morgan fingerprint density at radius 2 is 1.74 bits per heavy atom. The second-order valence-electron chi connectivity index (χ2n) is 4.56. The Bertz CT molecular complexity index is 511. The summed E-state index contributed by atoms with van der Waals surface area (Å²) in [6.45, 7) is 4.60. The van der Waals surface area contributed by atoms with Gasteiger partial charge in [0.2, 0.25) is 0 Å². The van der Waals surface area contributed by atoms with Gasteiger partial charge in [-0.1, -0.05) is 48.5 Å². The highest BCUT2D eigenvalue weighted by molar-refractivity contribution is 5.85. The summed E-state index contributed by atoms with van der Waals surface area (Å²) in [5, 5.41) is 0. The first-order chi connectivity index (χ1) is 8.68. The molecular weight excluding hydrogens is 258 g/mol. The van der Waals surface area contributed by atoms with E-state index >= 15 is 0 Å². The molecule has 1 unspecified atom stereocenters. The fraction of sp³-hybridized carbons (Fsp3) is 0.250. The van der Waals surface area contributed by atoms with Crippen molar-refractivity contribution in [2.45, 2.75) is 26.5 Å². The zero-order chi connectivity index (χ0) is 13.0. The molecule has 2 nitrogen and oxygen atoms in total. The monoisotopic (exact) mass is 277 g/mol. The van der Waals surface area contributed by atoms with Crippen LogP contribution in [0.2, 0.25) is 0 Å². The van der Waals surface area contributed by atoms with Gasteiger partial charge in [-0.05, 0) is 25.0 Å². The van der Waals surface area contributed by atoms with Crippen molar-refractivity contribution >= 4 is 12.4 Å². The number of nitrogens with two attached hydrogens (primary N) is 1. The predicted molar refractivity (Wildman–Crippen MR) is 81.8 cm³/mol. The molecule has 2 aromatic rings. The lowest BCUT2D eigenvalue weighted by Gasteiger charge is -2.16. The number of aryl methyl sites for hydroxylation is 1. The zero-order valence-corrected chi connectivity index (χ0v) is 12.1.